The maximum atomic E-state index is 8.19. The van der Waals surface area contributed by atoms with Crippen LogP contribution in [-0.4, -0.2) is 19.3 Å². The Balaban J connectivity index is 3.87. The number of rotatable bonds is 4. The second kappa shape index (κ2) is 7.35. The molecule has 0 aliphatic carbocycles. The summed E-state index contributed by atoms with van der Waals surface area (Å²) in [5.41, 5.74) is 0. The molecule has 0 aromatic carbocycles. The van der Waals surface area contributed by atoms with Crippen LogP contribution < -0.4 is 0 Å². The van der Waals surface area contributed by atoms with Crippen LogP contribution in [0.4, 0.5) is 0 Å². The van der Waals surface area contributed by atoms with E-state index in [1.54, 1.807) is 6.19 Å². The van der Waals surface area contributed by atoms with Crippen LogP contribution in [0, 0.1) is 11.5 Å². The Bertz CT molecular complexity index is 202. The van der Waals surface area contributed by atoms with Gasteiger partial charge in [-0.05, 0) is 0 Å². The predicted molar refractivity (Wildman–Crippen MR) is 45.3 cm³/mol. The van der Waals surface area contributed by atoms with Crippen LogP contribution in [0.5, 0.6) is 0 Å². The van der Waals surface area contributed by atoms with E-state index in [2.05, 4.69) is 18.2 Å². The average Bonchev–Trinajstić information content (AvgIpc) is 2.10. The smallest absolute Gasteiger partial charge is 0.399 e. The Morgan fingerprint density at radius 1 is 1.33 bits per heavy atom. The summed E-state index contributed by atoms with van der Waals surface area (Å²) in [5, 5.41) is 8.19. The molecule has 0 fully saturated rings. The lowest BCUT2D eigenvalue weighted by Crippen LogP contribution is -2.09. The highest BCUT2D eigenvalue weighted by Gasteiger charge is 1.97. The van der Waals surface area contributed by atoms with E-state index in [-0.39, 0.29) is 19.3 Å². The van der Waals surface area contributed by atoms with E-state index in [9.17, 15) is 0 Å². The molecule has 12 heavy (non-hydrogen) atoms. The molecule has 0 saturated heterocycles. The molecule has 0 rings (SSSR count). The second-order valence-corrected chi connectivity index (χ2v) is 1.68. The summed E-state index contributed by atoms with van der Waals surface area (Å²) in [7, 11) is 0. The standard InChI is InChI=1S/C8H10N2O2/c1-3-5-11-8(10-7-9)12-6-4-2/h3-4H,1-2,5-6H2. The third-order valence-electron chi connectivity index (χ3n) is 0.791. The van der Waals surface area contributed by atoms with Gasteiger partial charge in [0.25, 0.3) is 0 Å². The monoisotopic (exact) mass is 166 g/mol. The molecule has 0 aromatic rings. The zero-order valence-electron chi connectivity index (χ0n) is 6.69. The van der Waals surface area contributed by atoms with Gasteiger partial charge in [-0.15, -0.1) is 0 Å². The van der Waals surface area contributed by atoms with Gasteiger partial charge >= 0.3 is 6.08 Å². The lowest BCUT2D eigenvalue weighted by molar-refractivity contribution is 0.200. The number of nitriles is 1. The molecule has 0 heterocycles. The van der Waals surface area contributed by atoms with Gasteiger partial charge in [0.1, 0.15) is 13.2 Å². The SMILES string of the molecule is C=CCOC(=NC#N)OCC=C. The third kappa shape index (κ3) is 5.06. The zero-order chi connectivity index (χ0) is 9.23. The van der Waals surface area contributed by atoms with Gasteiger partial charge in [0.2, 0.25) is 6.19 Å². The van der Waals surface area contributed by atoms with E-state index < -0.39 is 0 Å². The molecule has 0 aromatic heterocycles. The normalized spacial score (nSPS) is 7.58. The summed E-state index contributed by atoms with van der Waals surface area (Å²) in [6.45, 7) is 7.39. The largest absolute Gasteiger partial charge is 0.446 e. The fourth-order valence-electron chi connectivity index (χ4n) is 0.407. The minimum absolute atomic E-state index is 0.0581. The second-order valence-electron chi connectivity index (χ2n) is 1.68. The molecule has 4 nitrogen and oxygen atoms in total. The summed E-state index contributed by atoms with van der Waals surface area (Å²) < 4.78 is 9.75. The van der Waals surface area contributed by atoms with Crippen molar-refractivity contribution in [3.63, 3.8) is 0 Å². The van der Waals surface area contributed by atoms with Crippen LogP contribution in [0.25, 0.3) is 0 Å². The fourth-order valence-corrected chi connectivity index (χ4v) is 0.407. The third-order valence-corrected chi connectivity index (χ3v) is 0.791. The van der Waals surface area contributed by atoms with E-state index in [1.165, 1.54) is 12.2 Å². The summed E-state index contributed by atoms with van der Waals surface area (Å²) in [5.74, 6) is 0. The van der Waals surface area contributed by atoms with Crippen LogP contribution in [-0.2, 0) is 9.47 Å². The van der Waals surface area contributed by atoms with Crippen molar-refractivity contribution in [1.82, 2.24) is 0 Å². The Morgan fingerprint density at radius 3 is 2.17 bits per heavy atom. The Hall–Kier alpha value is -1.76. The molecule has 0 unspecified atom stereocenters. The molecular formula is C8H10N2O2. The average molecular weight is 166 g/mol. The van der Waals surface area contributed by atoms with Gasteiger partial charge in [-0.2, -0.15) is 5.26 Å². The molecule has 0 saturated carbocycles. The van der Waals surface area contributed by atoms with Crippen LogP contribution >= 0.6 is 0 Å². The first-order valence-corrected chi connectivity index (χ1v) is 3.29. The van der Waals surface area contributed by atoms with Crippen molar-refractivity contribution in [2.24, 2.45) is 4.99 Å². The van der Waals surface area contributed by atoms with Gasteiger partial charge in [0.15, 0.2) is 0 Å². The summed E-state index contributed by atoms with van der Waals surface area (Å²) in [4.78, 5) is 3.28. The Morgan fingerprint density at radius 2 is 1.83 bits per heavy atom. The van der Waals surface area contributed by atoms with Crippen molar-refractivity contribution < 1.29 is 9.47 Å². The topological polar surface area (TPSA) is 54.6 Å². The maximum absolute atomic E-state index is 8.19. The van der Waals surface area contributed by atoms with E-state index in [1.807, 2.05) is 0 Å². The quantitative estimate of drug-likeness (QED) is 0.273. The van der Waals surface area contributed by atoms with Gasteiger partial charge in [-0.1, -0.05) is 30.3 Å². The molecule has 0 aliphatic heterocycles. The molecule has 64 valence electrons. The molecular weight excluding hydrogens is 156 g/mol. The maximum Gasteiger partial charge on any atom is 0.399 e. The number of ether oxygens (including phenoxy) is 2. The van der Waals surface area contributed by atoms with Crippen molar-refractivity contribution in [1.29, 1.82) is 5.26 Å². The van der Waals surface area contributed by atoms with E-state index >= 15 is 0 Å². The summed E-state index contributed by atoms with van der Waals surface area (Å²) in [6.07, 6.45) is 4.56. The Kier molecular flexibility index (Phi) is 6.27. The van der Waals surface area contributed by atoms with Gasteiger partial charge < -0.3 is 9.47 Å². The minimum atomic E-state index is -0.0581. The molecule has 4 heteroatoms. The summed E-state index contributed by atoms with van der Waals surface area (Å²) in [6, 6.07) is 0. The van der Waals surface area contributed by atoms with Gasteiger partial charge in [-0.3, -0.25) is 0 Å². The molecule has 0 amide bonds. The van der Waals surface area contributed by atoms with Crippen molar-refractivity contribution in [2.75, 3.05) is 13.2 Å². The number of hydrogen-bond acceptors (Lipinski definition) is 4. The fraction of sp³-hybridized carbons (Fsp3) is 0.250. The van der Waals surface area contributed by atoms with E-state index in [0.29, 0.717) is 0 Å². The highest BCUT2D eigenvalue weighted by molar-refractivity contribution is 5.68. The first kappa shape index (κ1) is 10.2. The van der Waals surface area contributed by atoms with Crippen LogP contribution in [0.15, 0.2) is 30.3 Å². The number of hydrogen-bond donors (Lipinski definition) is 0. The van der Waals surface area contributed by atoms with Crippen molar-refractivity contribution in [3.8, 4) is 6.19 Å². The first-order chi connectivity index (χ1) is 5.85. The summed E-state index contributed by atoms with van der Waals surface area (Å²) >= 11 is 0. The highest BCUT2D eigenvalue weighted by atomic mass is 16.7. The zero-order valence-corrected chi connectivity index (χ0v) is 6.69. The van der Waals surface area contributed by atoms with Crippen molar-refractivity contribution in [3.05, 3.63) is 25.3 Å². The first-order valence-electron chi connectivity index (χ1n) is 3.29. The Labute approximate surface area is 71.4 Å². The highest BCUT2D eigenvalue weighted by Crippen LogP contribution is 1.87. The molecule has 0 atom stereocenters. The van der Waals surface area contributed by atoms with Crippen LogP contribution in [0.3, 0.4) is 0 Å². The van der Waals surface area contributed by atoms with E-state index in [0.717, 1.165) is 0 Å². The van der Waals surface area contributed by atoms with Crippen molar-refractivity contribution in [2.45, 2.75) is 0 Å². The van der Waals surface area contributed by atoms with Gasteiger partial charge in [0.05, 0.1) is 0 Å². The molecule has 0 spiro atoms. The van der Waals surface area contributed by atoms with Crippen LogP contribution in [0.2, 0.25) is 0 Å². The number of aliphatic imine (C=N–C) groups is 1. The van der Waals surface area contributed by atoms with Gasteiger partial charge in [0, 0.05) is 0 Å². The molecule has 0 aliphatic rings. The van der Waals surface area contributed by atoms with Crippen LogP contribution in [0.1, 0.15) is 0 Å². The molecule has 0 bridgehead atoms. The number of nitrogens with zero attached hydrogens (tertiary/aromatic N) is 2. The lowest BCUT2D eigenvalue weighted by atomic mass is 10.7. The predicted octanol–water partition coefficient (Wildman–Crippen LogP) is 1.23. The lowest BCUT2D eigenvalue weighted by Gasteiger charge is -2.04. The minimum Gasteiger partial charge on any atom is -0.446 e. The van der Waals surface area contributed by atoms with Gasteiger partial charge in [-0.25, -0.2) is 0 Å². The van der Waals surface area contributed by atoms with E-state index in [4.69, 9.17) is 14.7 Å². The van der Waals surface area contributed by atoms with Crippen molar-refractivity contribution >= 4 is 6.08 Å². The molecule has 0 radical (unpaired) electrons. The molecule has 0 N–H and O–H groups in total.